The van der Waals surface area contributed by atoms with E-state index in [4.69, 9.17) is 4.74 Å². The fourth-order valence-electron chi connectivity index (χ4n) is 7.51. The van der Waals surface area contributed by atoms with Crippen LogP contribution in [0.4, 0.5) is 0 Å². The summed E-state index contributed by atoms with van der Waals surface area (Å²) in [5.74, 6) is -0.0543. The maximum absolute atomic E-state index is 12.4. The minimum atomic E-state index is -0.667. The number of hydrogen-bond donors (Lipinski definition) is 3. The first kappa shape index (κ1) is 53.6. The van der Waals surface area contributed by atoms with E-state index in [-0.39, 0.29) is 18.5 Å². The maximum Gasteiger partial charge on any atom is 0.305 e. The molecular weight excluding hydrogens is 683 g/mol. The van der Waals surface area contributed by atoms with Crippen LogP contribution in [0.3, 0.4) is 0 Å². The summed E-state index contributed by atoms with van der Waals surface area (Å²) in [7, 11) is 0. The molecule has 1 amide bonds. The molecule has 0 heterocycles. The Morgan fingerprint density at radius 3 is 1.31 bits per heavy atom. The van der Waals surface area contributed by atoms with Crippen molar-refractivity contribution in [3.63, 3.8) is 0 Å². The van der Waals surface area contributed by atoms with Crippen LogP contribution in [0.2, 0.25) is 0 Å². The van der Waals surface area contributed by atoms with Gasteiger partial charge in [-0.05, 0) is 51.4 Å². The van der Waals surface area contributed by atoms with Crippen LogP contribution < -0.4 is 5.32 Å². The lowest BCUT2D eigenvalue weighted by molar-refractivity contribution is -0.143. The van der Waals surface area contributed by atoms with Gasteiger partial charge in [-0.2, -0.15) is 0 Å². The number of esters is 1. The van der Waals surface area contributed by atoms with Crippen molar-refractivity contribution >= 4 is 11.9 Å². The zero-order chi connectivity index (χ0) is 40.1. The number of rotatable bonds is 45. The number of ether oxygens (including phenoxy) is 1. The molecule has 55 heavy (non-hydrogen) atoms. The summed E-state index contributed by atoms with van der Waals surface area (Å²) < 4.78 is 5.45. The average Bonchev–Trinajstić information content (AvgIpc) is 3.18. The normalized spacial score (nSPS) is 12.7. The number of allylic oxidation sites excluding steroid dienone is 2. The third-order valence-corrected chi connectivity index (χ3v) is 11.3. The molecular formula is C49H95NO5. The van der Waals surface area contributed by atoms with Gasteiger partial charge in [0.25, 0.3) is 0 Å². The van der Waals surface area contributed by atoms with Crippen molar-refractivity contribution in [2.45, 2.75) is 276 Å². The summed E-state index contributed by atoms with van der Waals surface area (Å²) >= 11 is 0. The molecule has 0 aliphatic heterocycles. The number of unbranched alkanes of at least 4 members (excludes halogenated alkanes) is 32. The van der Waals surface area contributed by atoms with Gasteiger partial charge < -0.3 is 20.3 Å². The zero-order valence-electron chi connectivity index (χ0n) is 36.9. The Hall–Kier alpha value is -1.40. The van der Waals surface area contributed by atoms with E-state index in [1.54, 1.807) is 0 Å². The average molecular weight is 778 g/mol. The Bertz CT molecular complexity index is 817. The first-order valence-electron chi connectivity index (χ1n) is 24.4. The quantitative estimate of drug-likeness (QED) is 0.0325. The van der Waals surface area contributed by atoms with Crippen LogP contribution in [0.5, 0.6) is 0 Å². The minimum absolute atomic E-state index is 0.00887. The molecule has 3 N–H and O–H groups in total. The van der Waals surface area contributed by atoms with Gasteiger partial charge in [0, 0.05) is 12.8 Å². The van der Waals surface area contributed by atoms with Crippen LogP contribution in [0.1, 0.15) is 264 Å². The van der Waals surface area contributed by atoms with Crippen LogP contribution in [0.15, 0.2) is 12.2 Å². The van der Waals surface area contributed by atoms with Gasteiger partial charge in [-0.25, -0.2) is 0 Å². The van der Waals surface area contributed by atoms with Crippen molar-refractivity contribution in [1.29, 1.82) is 0 Å². The van der Waals surface area contributed by atoms with Gasteiger partial charge in [0.15, 0.2) is 0 Å². The molecule has 0 aromatic rings. The smallest absolute Gasteiger partial charge is 0.305 e. The van der Waals surface area contributed by atoms with Crippen molar-refractivity contribution in [3.05, 3.63) is 12.2 Å². The third-order valence-electron chi connectivity index (χ3n) is 11.3. The molecule has 0 aliphatic rings. The molecule has 0 aromatic heterocycles. The lowest BCUT2D eigenvalue weighted by Gasteiger charge is -2.22. The maximum atomic E-state index is 12.4. The number of aliphatic hydroxyl groups excluding tert-OH is 2. The predicted octanol–water partition coefficient (Wildman–Crippen LogP) is 14.2. The Morgan fingerprint density at radius 2 is 0.855 bits per heavy atom. The van der Waals surface area contributed by atoms with Gasteiger partial charge in [-0.15, -0.1) is 0 Å². The van der Waals surface area contributed by atoms with Gasteiger partial charge in [-0.3, -0.25) is 9.59 Å². The molecule has 0 bridgehead atoms. The number of nitrogens with one attached hydrogen (secondary N) is 1. The molecule has 0 rings (SSSR count). The van der Waals surface area contributed by atoms with Crippen LogP contribution in [0.25, 0.3) is 0 Å². The molecule has 6 heteroatoms. The van der Waals surface area contributed by atoms with Crippen LogP contribution in [-0.2, 0) is 14.3 Å². The summed E-state index contributed by atoms with van der Waals surface area (Å²) in [6.45, 7) is 4.90. The van der Waals surface area contributed by atoms with E-state index in [0.29, 0.717) is 25.9 Å². The van der Waals surface area contributed by atoms with Crippen molar-refractivity contribution in [1.82, 2.24) is 5.32 Å². The largest absolute Gasteiger partial charge is 0.466 e. The fraction of sp³-hybridized carbons (Fsp3) is 0.918. The molecule has 0 saturated heterocycles. The predicted molar refractivity (Wildman–Crippen MR) is 237 cm³/mol. The Labute approximate surface area is 342 Å². The van der Waals surface area contributed by atoms with E-state index < -0.39 is 12.1 Å². The highest BCUT2D eigenvalue weighted by Crippen LogP contribution is 2.16. The van der Waals surface area contributed by atoms with Crippen LogP contribution in [0, 0.1) is 0 Å². The number of hydrogen-bond acceptors (Lipinski definition) is 5. The summed E-state index contributed by atoms with van der Waals surface area (Å²) in [5.41, 5.74) is 0. The SMILES string of the molecule is CCCCCC/C=C\CCCCCCCC(=O)OCCCCCCCCCCCCCCCCCC(=O)NC(CO)C(O)CCCCCCCCCCCC. The van der Waals surface area contributed by atoms with Crippen LogP contribution >= 0.6 is 0 Å². The van der Waals surface area contributed by atoms with Crippen LogP contribution in [-0.4, -0.2) is 47.4 Å². The number of amides is 1. The van der Waals surface area contributed by atoms with Crippen molar-refractivity contribution in [2.75, 3.05) is 13.2 Å². The van der Waals surface area contributed by atoms with E-state index in [1.807, 2.05) is 0 Å². The van der Waals surface area contributed by atoms with Gasteiger partial charge >= 0.3 is 5.97 Å². The molecule has 0 radical (unpaired) electrons. The van der Waals surface area contributed by atoms with Gasteiger partial charge in [0.1, 0.15) is 0 Å². The highest BCUT2D eigenvalue weighted by Gasteiger charge is 2.20. The Balaban J connectivity index is 3.42. The van der Waals surface area contributed by atoms with Gasteiger partial charge in [0.2, 0.25) is 5.91 Å². The second-order valence-corrected chi connectivity index (χ2v) is 16.8. The summed E-state index contributed by atoms with van der Waals surface area (Å²) in [4.78, 5) is 24.4. The topological polar surface area (TPSA) is 95.9 Å². The van der Waals surface area contributed by atoms with Gasteiger partial charge in [-0.1, -0.05) is 212 Å². The fourth-order valence-corrected chi connectivity index (χ4v) is 7.51. The summed E-state index contributed by atoms with van der Waals surface area (Å²) in [5, 5.41) is 23.1. The Kier molecular flexibility index (Phi) is 44.2. The zero-order valence-corrected chi connectivity index (χ0v) is 36.9. The molecule has 0 aromatic carbocycles. The number of carbonyl (C=O) groups is 2. The molecule has 2 unspecified atom stereocenters. The summed E-state index contributed by atoms with van der Waals surface area (Å²) in [6.07, 6.45) is 50.3. The van der Waals surface area contributed by atoms with E-state index in [0.717, 1.165) is 51.4 Å². The molecule has 2 atom stereocenters. The highest BCUT2D eigenvalue weighted by atomic mass is 16.5. The van der Waals surface area contributed by atoms with E-state index >= 15 is 0 Å². The minimum Gasteiger partial charge on any atom is -0.466 e. The van der Waals surface area contributed by atoms with E-state index in [2.05, 4.69) is 31.3 Å². The third kappa shape index (κ3) is 42.0. The van der Waals surface area contributed by atoms with Crippen molar-refractivity contribution in [2.24, 2.45) is 0 Å². The molecule has 0 spiro atoms. The molecule has 0 aliphatic carbocycles. The highest BCUT2D eigenvalue weighted by molar-refractivity contribution is 5.76. The lowest BCUT2D eigenvalue weighted by atomic mass is 10.0. The molecule has 0 fully saturated rings. The van der Waals surface area contributed by atoms with E-state index in [1.165, 1.54) is 180 Å². The van der Waals surface area contributed by atoms with Crippen molar-refractivity contribution < 1.29 is 24.5 Å². The van der Waals surface area contributed by atoms with E-state index in [9.17, 15) is 19.8 Å². The molecule has 0 saturated carbocycles. The second kappa shape index (κ2) is 45.3. The molecule has 326 valence electrons. The Morgan fingerprint density at radius 1 is 0.491 bits per heavy atom. The number of carbonyl (C=O) groups excluding carboxylic acids is 2. The van der Waals surface area contributed by atoms with Gasteiger partial charge in [0.05, 0.1) is 25.4 Å². The lowest BCUT2D eigenvalue weighted by Crippen LogP contribution is -2.45. The molecule has 6 nitrogen and oxygen atoms in total. The van der Waals surface area contributed by atoms with Crippen molar-refractivity contribution in [3.8, 4) is 0 Å². The first-order chi connectivity index (χ1) is 27.0. The second-order valence-electron chi connectivity index (χ2n) is 16.8. The first-order valence-corrected chi connectivity index (χ1v) is 24.4. The summed E-state index contributed by atoms with van der Waals surface area (Å²) in [6, 6.07) is -0.545. The standard InChI is InChI=1S/C49H95NO5/c1-3-5-7-9-11-13-15-19-23-27-31-35-39-43-49(54)55-44-40-36-32-28-24-21-18-16-17-20-22-26-30-34-38-42-48(53)50-46(45-51)47(52)41-37-33-29-25-14-12-10-8-6-4-2/h13,15,46-47,51-52H,3-12,14,16-45H2,1-2H3,(H,50,53)/b15-13-. The monoisotopic (exact) mass is 778 g/mol. The number of aliphatic hydroxyl groups is 2.